The van der Waals surface area contributed by atoms with Crippen molar-refractivity contribution in [2.75, 3.05) is 13.2 Å². The maximum atomic E-state index is 14.3. The van der Waals surface area contributed by atoms with Gasteiger partial charge in [-0.15, -0.1) is 12.3 Å². The summed E-state index contributed by atoms with van der Waals surface area (Å²) in [6, 6.07) is 10.8. The van der Waals surface area contributed by atoms with E-state index in [0.717, 1.165) is 12.0 Å². The SMILES string of the molecule is C#CCC1NC(=O)CCCCOc2cc(F)cc(c2)CC(C(O)CNCc2cccc(CC)c2)NC1=O. The predicted molar refractivity (Wildman–Crippen MR) is 140 cm³/mol. The van der Waals surface area contributed by atoms with Crippen LogP contribution in [0.1, 0.15) is 49.3 Å². The third-order valence-electron chi connectivity index (χ3n) is 6.30. The van der Waals surface area contributed by atoms with E-state index in [1.165, 1.54) is 17.7 Å². The molecule has 2 amide bonds. The Labute approximate surface area is 218 Å². The molecule has 0 aliphatic carbocycles. The quantitative estimate of drug-likeness (QED) is 0.430. The van der Waals surface area contributed by atoms with Crippen LogP contribution in [0.5, 0.6) is 5.75 Å². The molecular formula is C29H36FN3O4. The van der Waals surface area contributed by atoms with Crippen LogP contribution in [0.4, 0.5) is 4.39 Å². The number of halogens is 1. The van der Waals surface area contributed by atoms with Crippen LogP contribution in [0.3, 0.4) is 0 Å². The van der Waals surface area contributed by atoms with Gasteiger partial charge < -0.3 is 25.8 Å². The Hall–Kier alpha value is -3.41. The molecule has 0 saturated carbocycles. The van der Waals surface area contributed by atoms with E-state index in [1.807, 2.05) is 12.1 Å². The van der Waals surface area contributed by atoms with Crippen LogP contribution >= 0.6 is 0 Å². The summed E-state index contributed by atoms with van der Waals surface area (Å²) >= 11 is 0. The molecule has 0 spiro atoms. The zero-order valence-corrected chi connectivity index (χ0v) is 21.3. The summed E-state index contributed by atoms with van der Waals surface area (Å²) in [7, 11) is 0. The van der Waals surface area contributed by atoms with Gasteiger partial charge in [-0.2, -0.15) is 0 Å². The third kappa shape index (κ3) is 9.19. The summed E-state index contributed by atoms with van der Waals surface area (Å²) in [5, 5.41) is 19.8. The van der Waals surface area contributed by atoms with Gasteiger partial charge in [-0.3, -0.25) is 9.59 Å². The van der Waals surface area contributed by atoms with Gasteiger partial charge in [0.2, 0.25) is 11.8 Å². The van der Waals surface area contributed by atoms with Crippen molar-refractivity contribution in [2.24, 2.45) is 0 Å². The van der Waals surface area contributed by atoms with Gasteiger partial charge in [-0.25, -0.2) is 4.39 Å². The molecule has 7 nitrogen and oxygen atoms in total. The van der Waals surface area contributed by atoms with Gasteiger partial charge in [-0.05, 0) is 54.5 Å². The topological polar surface area (TPSA) is 99.7 Å². The Morgan fingerprint density at radius 1 is 1.19 bits per heavy atom. The fourth-order valence-electron chi connectivity index (χ4n) is 4.28. The minimum absolute atomic E-state index is 0.0135. The molecule has 2 aromatic carbocycles. The minimum atomic E-state index is -0.996. The fourth-order valence-corrected chi connectivity index (χ4v) is 4.28. The van der Waals surface area contributed by atoms with Gasteiger partial charge in [0.15, 0.2) is 0 Å². The van der Waals surface area contributed by atoms with Crippen LogP contribution in [0.2, 0.25) is 0 Å². The van der Waals surface area contributed by atoms with Gasteiger partial charge in [0, 0.05) is 32.0 Å². The number of benzene rings is 2. The third-order valence-corrected chi connectivity index (χ3v) is 6.30. The first-order valence-electron chi connectivity index (χ1n) is 12.8. The number of fused-ring (bicyclic) bond motifs is 2. The number of carbonyl (C=O) groups is 2. The van der Waals surface area contributed by atoms with Gasteiger partial charge in [0.05, 0.1) is 18.8 Å². The molecule has 198 valence electrons. The van der Waals surface area contributed by atoms with E-state index in [-0.39, 0.29) is 31.7 Å². The van der Waals surface area contributed by atoms with Crippen LogP contribution in [-0.4, -0.2) is 48.3 Å². The standard InChI is InChI=1S/C29H36FN3O4/c1-3-8-25-29(36)33-26(27(34)19-31-18-21-10-7-9-20(4-2)13-21)16-22-14-23(30)17-24(15-22)37-12-6-5-11-28(35)32-25/h1,7,9-10,13-15,17,25-27,31,34H,4-6,8,11-12,16,18-19H2,2H3,(H,32,35)(H,33,36). The van der Waals surface area contributed by atoms with Gasteiger partial charge in [-0.1, -0.05) is 31.2 Å². The van der Waals surface area contributed by atoms with Crippen molar-refractivity contribution in [3.8, 4) is 18.1 Å². The highest BCUT2D eigenvalue weighted by Gasteiger charge is 2.27. The first-order valence-corrected chi connectivity index (χ1v) is 12.8. The molecule has 3 atom stereocenters. The van der Waals surface area contributed by atoms with Crippen molar-refractivity contribution in [1.82, 2.24) is 16.0 Å². The van der Waals surface area contributed by atoms with E-state index in [1.54, 1.807) is 6.07 Å². The summed E-state index contributed by atoms with van der Waals surface area (Å²) in [5.74, 6) is 1.56. The lowest BCUT2D eigenvalue weighted by molar-refractivity contribution is -0.129. The monoisotopic (exact) mass is 509 g/mol. The van der Waals surface area contributed by atoms with E-state index in [9.17, 15) is 19.1 Å². The molecule has 2 bridgehead atoms. The summed E-state index contributed by atoms with van der Waals surface area (Å²) in [4.78, 5) is 25.5. The highest BCUT2D eigenvalue weighted by molar-refractivity contribution is 5.88. The Morgan fingerprint density at radius 2 is 2.00 bits per heavy atom. The number of aliphatic hydroxyl groups excluding tert-OH is 1. The van der Waals surface area contributed by atoms with Gasteiger partial charge in [0.25, 0.3) is 0 Å². The molecule has 1 aliphatic rings. The lowest BCUT2D eigenvalue weighted by atomic mass is 9.99. The van der Waals surface area contributed by atoms with Crippen molar-refractivity contribution in [3.63, 3.8) is 0 Å². The number of aryl methyl sites for hydroxylation is 1. The summed E-state index contributed by atoms with van der Waals surface area (Å²) < 4.78 is 20.0. The molecule has 37 heavy (non-hydrogen) atoms. The molecule has 3 rings (SSSR count). The Morgan fingerprint density at radius 3 is 2.78 bits per heavy atom. The average Bonchev–Trinajstić information content (AvgIpc) is 2.87. The molecule has 4 N–H and O–H groups in total. The Bertz CT molecular complexity index is 1100. The number of aliphatic hydroxyl groups is 1. The molecular weight excluding hydrogens is 473 g/mol. The number of hydrogen-bond donors (Lipinski definition) is 4. The van der Waals surface area contributed by atoms with Crippen LogP contribution < -0.4 is 20.7 Å². The number of ether oxygens (including phenoxy) is 1. The van der Waals surface area contributed by atoms with Crippen molar-refractivity contribution in [1.29, 1.82) is 0 Å². The van der Waals surface area contributed by atoms with Gasteiger partial charge in [0.1, 0.15) is 17.6 Å². The van der Waals surface area contributed by atoms with Crippen LogP contribution in [0, 0.1) is 18.2 Å². The summed E-state index contributed by atoms with van der Waals surface area (Å²) in [6.07, 6.45) is 6.90. The second kappa shape index (κ2) is 14.4. The molecule has 0 fully saturated rings. The molecule has 0 aromatic heterocycles. The number of rotatable bonds is 7. The maximum absolute atomic E-state index is 14.3. The molecule has 0 radical (unpaired) electrons. The van der Waals surface area contributed by atoms with E-state index in [0.29, 0.717) is 37.3 Å². The summed E-state index contributed by atoms with van der Waals surface area (Å²) in [5.41, 5.74) is 2.88. The zero-order valence-electron chi connectivity index (χ0n) is 21.3. The lowest BCUT2D eigenvalue weighted by Crippen LogP contribution is -2.54. The number of nitrogens with one attached hydrogen (secondary N) is 3. The second-order valence-electron chi connectivity index (χ2n) is 9.32. The van der Waals surface area contributed by atoms with Crippen LogP contribution in [-0.2, 0) is 29.0 Å². The molecule has 1 heterocycles. The van der Waals surface area contributed by atoms with Crippen molar-refractivity contribution in [2.45, 2.75) is 70.2 Å². The number of amides is 2. The number of carbonyl (C=O) groups excluding carboxylic acids is 2. The van der Waals surface area contributed by atoms with Crippen molar-refractivity contribution >= 4 is 11.8 Å². The molecule has 1 aliphatic heterocycles. The molecule has 8 heteroatoms. The van der Waals surface area contributed by atoms with Crippen molar-refractivity contribution in [3.05, 3.63) is 65.0 Å². The highest BCUT2D eigenvalue weighted by atomic mass is 19.1. The van der Waals surface area contributed by atoms with E-state index >= 15 is 0 Å². The number of terminal acetylenes is 1. The van der Waals surface area contributed by atoms with Crippen LogP contribution in [0.25, 0.3) is 0 Å². The second-order valence-corrected chi connectivity index (χ2v) is 9.32. The lowest BCUT2D eigenvalue weighted by Gasteiger charge is -2.27. The maximum Gasteiger partial charge on any atom is 0.243 e. The highest BCUT2D eigenvalue weighted by Crippen LogP contribution is 2.19. The fraction of sp³-hybridized carbons (Fsp3) is 0.448. The molecule has 2 aromatic rings. The smallest absolute Gasteiger partial charge is 0.243 e. The van der Waals surface area contributed by atoms with Gasteiger partial charge >= 0.3 is 0 Å². The first-order chi connectivity index (χ1) is 17.9. The first kappa shape index (κ1) is 28.2. The average molecular weight is 510 g/mol. The van der Waals surface area contributed by atoms with E-state index < -0.39 is 29.9 Å². The van der Waals surface area contributed by atoms with Crippen molar-refractivity contribution < 1.29 is 23.8 Å². The van der Waals surface area contributed by atoms with Crippen LogP contribution in [0.15, 0.2) is 42.5 Å². The summed E-state index contributed by atoms with van der Waals surface area (Å²) in [6.45, 7) is 3.15. The molecule has 0 saturated heterocycles. The molecule has 3 unspecified atom stereocenters. The Balaban J connectivity index is 1.78. The van der Waals surface area contributed by atoms with E-state index in [2.05, 4.69) is 40.9 Å². The minimum Gasteiger partial charge on any atom is -0.493 e. The van der Waals surface area contributed by atoms with E-state index in [4.69, 9.17) is 11.2 Å². The largest absolute Gasteiger partial charge is 0.493 e. The Kier molecular flexibility index (Phi) is 10.9. The predicted octanol–water partition coefficient (Wildman–Crippen LogP) is 2.64. The normalized spacial score (nSPS) is 19.8. The number of hydrogen-bond acceptors (Lipinski definition) is 5. The zero-order chi connectivity index (χ0) is 26.6.